The van der Waals surface area contributed by atoms with Crippen LogP contribution in [-0.4, -0.2) is 68.2 Å². The summed E-state index contributed by atoms with van der Waals surface area (Å²) in [4.78, 5) is 25.4. The van der Waals surface area contributed by atoms with E-state index in [-0.39, 0.29) is 54.0 Å². The largest absolute Gasteiger partial charge is 0.471 e. The number of pyridine rings is 1. The van der Waals surface area contributed by atoms with Crippen LogP contribution >= 0.6 is 11.5 Å². The van der Waals surface area contributed by atoms with Crippen LogP contribution in [0, 0.1) is 6.92 Å². The minimum Gasteiger partial charge on any atom is -0.471 e. The summed E-state index contributed by atoms with van der Waals surface area (Å²) >= 11 is 0.904. The Labute approximate surface area is 227 Å². The van der Waals surface area contributed by atoms with Gasteiger partial charge < -0.3 is 15.4 Å². The van der Waals surface area contributed by atoms with E-state index in [1.807, 2.05) is 0 Å². The number of carbonyl (C=O) groups is 1. The van der Waals surface area contributed by atoms with E-state index in [1.54, 1.807) is 6.92 Å². The van der Waals surface area contributed by atoms with Crippen molar-refractivity contribution in [2.75, 3.05) is 30.3 Å². The van der Waals surface area contributed by atoms with Crippen molar-refractivity contribution in [1.29, 1.82) is 0 Å². The number of aryl methyl sites for hydroxylation is 1. The van der Waals surface area contributed by atoms with E-state index in [2.05, 4.69) is 30.0 Å². The van der Waals surface area contributed by atoms with E-state index >= 15 is 0 Å². The van der Waals surface area contributed by atoms with E-state index in [0.29, 0.717) is 11.9 Å². The normalized spacial score (nSPS) is 18.4. The first-order valence-corrected chi connectivity index (χ1v) is 12.6. The number of hydrogen-bond donors (Lipinski definition) is 2. The molecular weight excluding hydrogens is 571 g/mol. The van der Waals surface area contributed by atoms with E-state index in [0.717, 1.165) is 17.7 Å². The maximum absolute atomic E-state index is 14.5. The molecule has 2 atom stereocenters. The number of aromatic nitrogens is 4. The second-order valence-electron chi connectivity index (χ2n) is 8.85. The van der Waals surface area contributed by atoms with Crippen molar-refractivity contribution < 1.29 is 40.3 Å². The molecule has 0 radical (unpaired) electrons. The van der Waals surface area contributed by atoms with Crippen LogP contribution < -0.4 is 15.4 Å². The number of amides is 1. The predicted octanol–water partition coefficient (Wildman–Crippen LogP) is 5.39. The van der Waals surface area contributed by atoms with Gasteiger partial charge >= 0.3 is 12.4 Å². The lowest BCUT2D eigenvalue weighted by atomic mass is 10.1. The maximum Gasteiger partial charge on any atom is 0.434 e. The molecule has 9 nitrogen and oxygen atoms in total. The van der Waals surface area contributed by atoms with Crippen molar-refractivity contribution in [3.63, 3.8) is 0 Å². The van der Waals surface area contributed by atoms with E-state index in [4.69, 9.17) is 4.74 Å². The lowest BCUT2D eigenvalue weighted by Gasteiger charge is -2.34. The zero-order valence-corrected chi connectivity index (χ0v) is 21.5. The number of carbonyl (C=O) groups excluding carboxylic acids is 1. The monoisotopic (exact) mass is 593 g/mol. The fourth-order valence-electron chi connectivity index (χ4n) is 3.82. The van der Waals surface area contributed by atoms with Crippen molar-refractivity contribution in [3.8, 4) is 5.88 Å². The van der Waals surface area contributed by atoms with Crippen molar-refractivity contribution in [2.45, 2.75) is 44.4 Å². The number of ether oxygens (including phenoxy) is 1. The average Bonchev–Trinajstić information content (AvgIpc) is 3.24. The number of hydrogen-bond acceptors (Lipinski definition) is 9. The Bertz CT molecular complexity index is 1300. The standard InChI is InChI=1S/C23H22F7N7O2S/c1-12-19(21(40-36-12)35-17-10-31-16(9-32-17)23(28,29)30)20(38)34-13-2-3-18(33-8-13)39-15-4-6-37(11-14(15)24)7-5-22(25,26)27/h2-3,8-10,14-15H,4-7,11H2,1H3,(H,32,35)(H,34,38)/t14-,15+/m1/s1. The van der Waals surface area contributed by atoms with Crippen molar-refractivity contribution in [2.24, 2.45) is 0 Å². The molecule has 0 aromatic carbocycles. The third-order valence-electron chi connectivity index (χ3n) is 5.82. The fraction of sp³-hybridized carbons (Fsp3) is 0.435. The summed E-state index contributed by atoms with van der Waals surface area (Å²) in [5, 5.41) is 5.59. The Morgan fingerprint density at radius 1 is 1.12 bits per heavy atom. The van der Waals surface area contributed by atoms with Gasteiger partial charge in [0.05, 0.1) is 42.0 Å². The van der Waals surface area contributed by atoms with Crippen molar-refractivity contribution in [1.82, 2.24) is 24.2 Å². The zero-order chi connectivity index (χ0) is 29.1. The van der Waals surface area contributed by atoms with Crippen LogP contribution in [0.3, 0.4) is 0 Å². The van der Waals surface area contributed by atoms with Gasteiger partial charge in [-0.15, -0.1) is 0 Å². The first-order valence-electron chi connectivity index (χ1n) is 11.8. The van der Waals surface area contributed by atoms with Crippen molar-refractivity contribution >= 4 is 33.9 Å². The predicted molar refractivity (Wildman–Crippen MR) is 130 cm³/mol. The van der Waals surface area contributed by atoms with Gasteiger partial charge in [0.1, 0.15) is 23.1 Å². The van der Waals surface area contributed by atoms with E-state index < -0.39 is 42.7 Å². The Morgan fingerprint density at radius 2 is 1.90 bits per heavy atom. The molecule has 0 aliphatic carbocycles. The van der Waals surface area contributed by atoms with Gasteiger partial charge in [-0.25, -0.2) is 19.3 Å². The molecule has 3 aromatic heterocycles. The first-order chi connectivity index (χ1) is 18.8. The van der Waals surface area contributed by atoms with E-state index in [1.165, 1.54) is 23.2 Å². The summed E-state index contributed by atoms with van der Waals surface area (Å²) in [6, 6.07) is 2.88. The summed E-state index contributed by atoms with van der Waals surface area (Å²) in [7, 11) is 0. The molecule has 216 valence electrons. The minimum absolute atomic E-state index is 0.0220. The van der Waals surface area contributed by atoms with Gasteiger partial charge in [0.15, 0.2) is 5.69 Å². The molecule has 1 fully saturated rings. The second-order valence-corrected chi connectivity index (χ2v) is 9.62. The molecule has 4 rings (SSSR count). The van der Waals surface area contributed by atoms with Crippen LogP contribution in [0.2, 0.25) is 0 Å². The van der Waals surface area contributed by atoms with Gasteiger partial charge in [0.2, 0.25) is 5.88 Å². The SMILES string of the molecule is Cc1nsc(Nc2cnc(C(F)(F)F)cn2)c1C(=O)Nc1ccc(O[C@H]2CCN(CCC(F)(F)F)C[C@H]2F)nc1. The second kappa shape index (κ2) is 11.9. The highest BCUT2D eigenvalue weighted by molar-refractivity contribution is 7.10. The van der Waals surface area contributed by atoms with Gasteiger partial charge in [-0.05, 0) is 30.9 Å². The maximum atomic E-state index is 14.5. The van der Waals surface area contributed by atoms with Gasteiger partial charge in [-0.2, -0.15) is 30.7 Å². The summed E-state index contributed by atoms with van der Waals surface area (Å²) in [5.74, 6) is -0.531. The molecular formula is C23H22F7N7O2S. The number of alkyl halides is 7. The average molecular weight is 594 g/mol. The van der Waals surface area contributed by atoms with Crippen LogP contribution in [0.4, 0.5) is 47.2 Å². The number of nitrogens with zero attached hydrogens (tertiary/aromatic N) is 5. The topological polar surface area (TPSA) is 105 Å². The molecule has 17 heteroatoms. The molecule has 0 unspecified atom stereocenters. The summed E-state index contributed by atoms with van der Waals surface area (Å²) in [6.07, 6.45) is -9.43. The molecule has 1 saturated heterocycles. The quantitative estimate of drug-likeness (QED) is 0.335. The zero-order valence-electron chi connectivity index (χ0n) is 20.7. The molecule has 0 bridgehead atoms. The summed E-state index contributed by atoms with van der Waals surface area (Å²) < 4.78 is 99.6. The minimum atomic E-state index is -4.64. The van der Waals surface area contributed by atoms with Crippen LogP contribution in [0.15, 0.2) is 30.7 Å². The summed E-state index contributed by atoms with van der Waals surface area (Å²) in [5.41, 5.74) is -0.412. The Morgan fingerprint density at radius 3 is 2.50 bits per heavy atom. The molecule has 0 spiro atoms. The number of halogens is 7. The third kappa shape index (κ3) is 7.74. The highest BCUT2D eigenvalue weighted by atomic mass is 32.1. The number of piperidine rings is 1. The molecule has 0 saturated carbocycles. The Kier molecular flexibility index (Phi) is 8.72. The number of rotatable bonds is 8. The van der Waals surface area contributed by atoms with E-state index in [9.17, 15) is 35.5 Å². The number of anilines is 3. The fourth-order valence-corrected chi connectivity index (χ4v) is 4.62. The van der Waals surface area contributed by atoms with Crippen molar-refractivity contribution in [3.05, 3.63) is 47.7 Å². The molecule has 1 aliphatic rings. The smallest absolute Gasteiger partial charge is 0.434 e. The van der Waals surface area contributed by atoms with Gasteiger partial charge in [-0.1, -0.05) is 0 Å². The third-order valence-corrected chi connectivity index (χ3v) is 6.67. The van der Waals surface area contributed by atoms with Crippen LogP contribution in [0.25, 0.3) is 0 Å². The lowest BCUT2D eigenvalue weighted by Crippen LogP contribution is -2.47. The Balaban J connectivity index is 1.33. The molecule has 3 aromatic rings. The summed E-state index contributed by atoms with van der Waals surface area (Å²) in [6.45, 7) is 1.36. The molecule has 40 heavy (non-hydrogen) atoms. The highest BCUT2D eigenvalue weighted by Crippen LogP contribution is 2.30. The molecule has 4 heterocycles. The molecule has 2 N–H and O–H groups in total. The van der Waals surface area contributed by atoms with Gasteiger partial charge in [-0.3, -0.25) is 9.69 Å². The molecule has 1 aliphatic heterocycles. The Hall–Kier alpha value is -3.60. The first kappa shape index (κ1) is 29.4. The van der Waals surface area contributed by atoms with Crippen LogP contribution in [0.5, 0.6) is 5.88 Å². The number of likely N-dealkylation sites (tertiary alicyclic amines) is 1. The van der Waals surface area contributed by atoms with Crippen LogP contribution in [-0.2, 0) is 6.18 Å². The highest BCUT2D eigenvalue weighted by Gasteiger charge is 2.34. The van der Waals surface area contributed by atoms with Gasteiger partial charge in [0, 0.05) is 25.7 Å². The molecule has 1 amide bonds. The van der Waals surface area contributed by atoms with Crippen LogP contribution in [0.1, 0.15) is 34.6 Å². The van der Waals surface area contributed by atoms with Gasteiger partial charge in [0.25, 0.3) is 5.91 Å². The number of nitrogens with one attached hydrogen (secondary N) is 2. The lowest BCUT2D eigenvalue weighted by molar-refractivity contribution is -0.141.